The normalized spacial score (nSPS) is 15.6. The second-order valence-corrected chi connectivity index (χ2v) is 4.03. The molecular formula is C12H17N3O3. The van der Waals surface area contributed by atoms with E-state index >= 15 is 0 Å². The molecule has 1 fully saturated rings. The number of carbonyl (C=O) groups excluding carboxylic acids is 2. The van der Waals surface area contributed by atoms with Gasteiger partial charge in [0.1, 0.15) is 13.0 Å². The van der Waals surface area contributed by atoms with E-state index in [1.54, 1.807) is 11.0 Å². The van der Waals surface area contributed by atoms with E-state index in [2.05, 4.69) is 11.9 Å². The number of amides is 2. The summed E-state index contributed by atoms with van der Waals surface area (Å²) in [6, 6.07) is 1.84. The molecule has 2 amide bonds. The second-order valence-electron chi connectivity index (χ2n) is 4.03. The predicted molar refractivity (Wildman–Crippen MR) is 64.5 cm³/mol. The highest BCUT2D eigenvalue weighted by Gasteiger charge is 2.24. The number of ether oxygens (including phenoxy) is 1. The van der Waals surface area contributed by atoms with Gasteiger partial charge in [-0.05, 0) is 12.8 Å². The molecular weight excluding hydrogens is 234 g/mol. The Bertz CT molecular complexity index is 354. The van der Waals surface area contributed by atoms with E-state index < -0.39 is 0 Å². The van der Waals surface area contributed by atoms with Crippen molar-refractivity contribution in [3.05, 3.63) is 12.7 Å². The van der Waals surface area contributed by atoms with Gasteiger partial charge in [-0.1, -0.05) is 12.7 Å². The van der Waals surface area contributed by atoms with Gasteiger partial charge in [0.05, 0.1) is 6.07 Å². The summed E-state index contributed by atoms with van der Waals surface area (Å²) < 4.78 is 4.92. The summed E-state index contributed by atoms with van der Waals surface area (Å²) in [5.41, 5.74) is 0. The van der Waals surface area contributed by atoms with Crippen LogP contribution in [0, 0.1) is 11.3 Å². The number of hydrogen-bond donors (Lipinski definition) is 1. The Hall–Kier alpha value is -2.03. The maximum Gasteiger partial charge on any atom is 0.410 e. The number of likely N-dealkylation sites (tertiary alicyclic amines) is 1. The minimum Gasteiger partial charge on any atom is -0.445 e. The summed E-state index contributed by atoms with van der Waals surface area (Å²) in [5, 5.41) is 11.1. The van der Waals surface area contributed by atoms with Gasteiger partial charge in [-0.15, -0.1) is 0 Å². The van der Waals surface area contributed by atoms with Crippen molar-refractivity contribution in [3.8, 4) is 6.07 Å². The third-order valence-corrected chi connectivity index (χ3v) is 2.68. The first-order valence-corrected chi connectivity index (χ1v) is 5.86. The maximum atomic E-state index is 11.5. The highest BCUT2D eigenvalue weighted by atomic mass is 16.6. The summed E-state index contributed by atoms with van der Waals surface area (Å²) in [5.74, 6) is -0.259. The number of hydrogen-bond acceptors (Lipinski definition) is 4. The quantitative estimate of drug-likeness (QED) is 0.749. The van der Waals surface area contributed by atoms with E-state index in [0.29, 0.717) is 25.9 Å². The summed E-state index contributed by atoms with van der Waals surface area (Å²) in [6.07, 6.45) is 2.41. The molecule has 1 aliphatic heterocycles. The van der Waals surface area contributed by atoms with Gasteiger partial charge in [0.25, 0.3) is 0 Å². The number of nitrogens with one attached hydrogen (secondary N) is 1. The Kier molecular flexibility index (Phi) is 5.71. The SMILES string of the molecule is C=CCOC(=O)N1CCC(NC(=O)CC#N)CC1. The topological polar surface area (TPSA) is 82.4 Å². The van der Waals surface area contributed by atoms with Crippen LogP contribution >= 0.6 is 0 Å². The lowest BCUT2D eigenvalue weighted by molar-refractivity contribution is -0.121. The van der Waals surface area contributed by atoms with Crippen molar-refractivity contribution in [1.29, 1.82) is 5.26 Å². The number of carbonyl (C=O) groups is 2. The number of piperidine rings is 1. The minimum absolute atomic E-state index is 0.0364. The van der Waals surface area contributed by atoms with E-state index in [9.17, 15) is 9.59 Å². The summed E-state index contributed by atoms with van der Waals surface area (Å²) in [7, 11) is 0. The molecule has 0 unspecified atom stereocenters. The molecule has 1 rings (SSSR count). The van der Waals surface area contributed by atoms with Crippen LogP contribution in [-0.4, -0.2) is 42.6 Å². The molecule has 0 aromatic rings. The lowest BCUT2D eigenvalue weighted by Gasteiger charge is -2.31. The molecule has 1 N–H and O–H groups in total. The van der Waals surface area contributed by atoms with E-state index in [0.717, 1.165) is 0 Å². The maximum absolute atomic E-state index is 11.5. The summed E-state index contributed by atoms with van der Waals surface area (Å²) in [4.78, 5) is 24.3. The van der Waals surface area contributed by atoms with Gasteiger partial charge in [0.2, 0.25) is 5.91 Å². The standard InChI is InChI=1S/C12H17N3O3/c1-2-9-18-12(17)15-7-4-10(5-8-15)14-11(16)3-6-13/h2,10H,1,3-5,7-9H2,(H,14,16). The van der Waals surface area contributed by atoms with Crippen LogP contribution in [-0.2, 0) is 9.53 Å². The Morgan fingerprint density at radius 2 is 2.17 bits per heavy atom. The molecule has 0 aliphatic carbocycles. The monoisotopic (exact) mass is 251 g/mol. The smallest absolute Gasteiger partial charge is 0.410 e. The van der Waals surface area contributed by atoms with Gasteiger partial charge in [-0.3, -0.25) is 4.79 Å². The van der Waals surface area contributed by atoms with Gasteiger partial charge in [0, 0.05) is 19.1 Å². The first kappa shape index (κ1) is 14.0. The first-order chi connectivity index (χ1) is 8.67. The largest absolute Gasteiger partial charge is 0.445 e. The van der Waals surface area contributed by atoms with Crippen LogP contribution < -0.4 is 5.32 Å². The fourth-order valence-electron chi connectivity index (χ4n) is 1.78. The lowest BCUT2D eigenvalue weighted by atomic mass is 10.1. The molecule has 1 heterocycles. The van der Waals surface area contributed by atoms with Crippen molar-refractivity contribution in [2.24, 2.45) is 0 Å². The van der Waals surface area contributed by atoms with Crippen LogP contribution in [0.25, 0.3) is 0 Å². The zero-order chi connectivity index (χ0) is 13.4. The summed E-state index contributed by atoms with van der Waals surface area (Å²) in [6.45, 7) is 4.77. The highest BCUT2D eigenvalue weighted by molar-refractivity contribution is 5.78. The molecule has 0 aromatic heterocycles. The molecule has 0 aromatic carbocycles. The molecule has 0 bridgehead atoms. The molecule has 18 heavy (non-hydrogen) atoms. The zero-order valence-corrected chi connectivity index (χ0v) is 10.2. The summed E-state index contributed by atoms with van der Waals surface area (Å²) >= 11 is 0. The van der Waals surface area contributed by atoms with Crippen molar-refractivity contribution in [2.45, 2.75) is 25.3 Å². The molecule has 98 valence electrons. The van der Waals surface area contributed by atoms with E-state index in [-0.39, 0.29) is 31.1 Å². The van der Waals surface area contributed by atoms with Crippen LogP contribution in [0.1, 0.15) is 19.3 Å². The average Bonchev–Trinajstić information content (AvgIpc) is 2.37. The molecule has 0 spiro atoms. The third-order valence-electron chi connectivity index (χ3n) is 2.68. The van der Waals surface area contributed by atoms with Crippen LogP contribution in [0.2, 0.25) is 0 Å². The zero-order valence-electron chi connectivity index (χ0n) is 10.2. The lowest BCUT2D eigenvalue weighted by Crippen LogP contribution is -2.46. The fraction of sp³-hybridized carbons (Fsp3) is 0.583. The van der Waals surface area contributed by atoms with E-state index in [1.807, 2.05) is 0 Å². The molecule has 6 heteroatoms. The molecule has 1 saturated heterocycles. The van der Waals surface area contributed by atoms with Crippen molar-refractivity contribution in [2.75, 3.05) is 19.7 Å². The van der Waals surface area contributed by atoms with E-state index in [4.69, 9.17) is 10.00 Å². The minimum atomic E-state index is -0.350. The van der Waals surface area contributed by atoms with Crippen molar-refractivity contribution in [1.82, 2.24) is 10.2 Å². The molecule has 6 nitrogen and oxygen atoms in total. The van der Waals surface area contributed by atoms with Gasteiger partial charge in [0.15, 0.2) is 0 Å². The van der Waals surface area contributed by atoms with Crippen molar-refractivity contribution in [3.63, 3.8) is 0 Å². The Morgan fingerprint density at radius 1 is 1.50 bits per heavy atom. The van der Waals surface area contributed by atoms with Crippen molar-refractivity contribution < 1.29 is 14.3 Å². The third kappa shape index (κ3) is 4.45. The molecule has 0 saturated carbocycles. The molecule has 1 aliphatic rings. The van der Waals surface area contributed by atoms with Crippen LogP contribution in [0.3, 0.4) is 0 Å². The van der Waals surface area contributed by atoms with Crippen LogP contribution in [0.5, 0.6) is 0 Å². The van der Waals surface area contributed by atoms with Gasteiger partial charge >= 0.3 is 6.09 Å². The number of nitrogens with zero attached hydrogens (tertiary/aromatic N) is 2. The number of nitriles is 1. The predicted octanol–water partition coefficient (Wildman–Crippen LogP) is 0.803. The second kappa shape index (κ2) is 7.33. The number of rotatable bonds is 4. The van der Waals surface area contributed by atoms with Crippen molar-refractivity contribution >= 4 is 12.0 Å². The highest BCUT2D eigenvalue weighted by Crippen LogP contribution is 2.11. The van der Waals surface area contributed by atoms with E-state index in [1.165, 1.54) is 6.08 Å². The van der Waals surface area contributed by atoms with Gasteiger partial charge in [-0.25, -0.2) is 4.79 Å². The average molecular weight is 251 g/mol. The van der Waals surface area contributed by atoms with Crippen LogP contribution in [0.15, 0.2) is 12.7 Å². The first-order valence-electron chi connectivity index (χ1n) is 5.86. The Morgan fingerprint density at radius 3 is 2.72 bits per heavy atom. The fourth-order valence-corrected chi connectivity index (χ4v) is 1.78. The van der Waals surface area contributed by atoms with Crippen LogP contribution in [0.4, 0.5) is 4.79 Å². The Balaban J connectivity index is 2.28. The molecule has 0 radical (unpaired) electrons. The van der Waals surface area contributed by atoms with Gasteiger partial charge < -0.3 is 15.0 Å². The van der Waals surface area contributed by atoms with Gasteiger partial charge in [-0.2, -0.15) is 5.26 Å². The molecule has 0 atom stereocenters. The Labute approximate surface area is 106 Å².